The highest BCUT2D eigenvalue weighted by molar-refractivity contribution is 6.07. The molecular formula is C46H27N3. The van der Waals surface area contributed by atoms with E-state index < -0.39 is 5.41 Å². The van der Waals surface area contributed by atoms with E-state index in [1.54, 1.807) is 0 Å². The molecule has 0 bridgehead atoms. The Balaban J connectivity index is 1.13. The molecule has 0 aliphatic heterocycles. The number of aromatic nitrogens is 3. The molecule has 3 aromatic heterocycles. The molecule has 2 aliphatic rings. The van der Waals surface area contributed by atoms with E-state index in [0.29, 0.717) is 0 Å². The molecule has 2 aliphatic carbocycles. The predicted octanol–water partition coefficient (Wildman–Crippen LogP) is 11.0. The van der Waals surface area contributed by atoms with E-state index in [2.05, 4.69) is 157 Å². The maximum Gasteiger partial charge on any atom is 0.0972 e. The Hall–Kier alpha value is -6.45. The molecule has 49 heavy (non-hydrogen) atoms. The van der Waals surface area contributed by atoms with Gasteiger partial charge < -0.3 is 0 Å². The Bertz CT molecular complexity index is 2790. The molecule has 226 valence electrons. The zero-order chi connectivity index (χ0) is 32.1. The molecule has 0 radical (unpaired) electrons. The minimum atomic E-state index is -0.436. The number of rotatable bonds is 2. The summed E-state index contributed by atoms with van der Waals surface area (Å²) in [5.74, 6) is 0. The molecule has 0 N–H and O–H groups in total. The van der Waals surface area contributed by atoms with Crippen LogP contribution in [0.3, 0.4) is 0 Å². The van der Waals surface area contributed by atoms with Gasteiger partial charge in [-0.15, -0.1) is 0 Å². The largest absolute Gasteiger partial charge is 0.254 e. The first-order valence-electron chi connectivity index (χ1n) is 16.8. The average molecular weight is 622 g/mol. The second kappa shape index (κ2) is 9.79. The van der Waals surface area contributed by atoms with Gasteiger partial charge in [-0.1, -0.05) is 146 Å². The Kier molecular flexibility index (Phi) is 5.31. The zero-order valence-electron chi connectivity index (χ0n) is 26.4. The van der Waals surface area contributed by atoms with Gasteiger partial charge in [-0.25, -0.2) is 9.97 Å². The Labute approximate surface area is 283 Å². The lowest BCUT2D eigenvalue weighted by atomic mass is 9.69. The monoisotopic (exact) mass is 621 g/mol. The van der Waals surface area contributed by atoms with Gasteiger partial charge in [0.05, 0.1) is 33.5 Å². The van der Waals surface area contributed by atoms with Crippen molar-refractivity contribution in [2.45, 2.75) is 5.41 Å². The van der Waals surface area contributed by atoms with Crippen LogP contribution in [0.4, 0.5) is 0 Å². The maximum atomic E-state index is 5.61. The van der Waals surface area contributed by atoms with E-state index >= 15 is 0 Å². The highest BCUT2D eigenvalue weighted by Crippen LogP contribution is 2.64. The first-order valence-corrected chi connectivity index (χ1v) is 16.8. The standard InChI is InChI=1S/C46H27N3/c1-2-14-35-34(13-1)41-45(36-15-5-8-18-39(36)46(41)37-16-6-3-11-32(37)33-12-4-7-17-38(33)46)49-42(35)30-21-19-28(20-22-30)40-26-25-31-24-23-29-10-9-27-47-43(29)44(31)48-40/h1-27H. The summed E-state index contributed by atoms with van der Waals surface area (Å²) in [6, 6.07) is 56.9. The summed E-state index contributed by atoms with van der Waals surface area (Å²) in [4.78, 5) is 15.4. The third-order valence-electron chi connectivity index (χ3n) is 10.7. The van der Waals surface area contributed by atoms with Gasteiger partial charge in [-0.3, -0.25) is 4.98 Å². The molecule has 1 spiro atoms. The predicted molar refractivity (Wildman–Crippen MR) is 200 cm³/mol. The average Bonchev–Trinajstić information content (AvgIpc) is 3.65. The number of nitrogens with zero attached hydrogens (tertiary/aromatic N) is 3. The lowest BCUT2D eigenvalue weighted by Gasteiger charge is -2.31. The van der Waals surface area contributed by atoms with Crippen molar-refractivity contribution < 1.29 is 0 Å². The molecule has 3 heteroatoms. The van der Waals surface area contributed by atoms with Crippen molar-refractivity contribution in [3.8, 4) is 44.9 Å². The normalized spacial score (nSPS) is 13.5. The van der Waals surface area contributed by atoms with Gasteiger partial charge in [0.1, 0.15) is 0 Å². The van der Waals surface area contributed by atoms with Gasteiger partial charge in [-0.2, -0.15) is 0 Å². The van der Waals surface area contributed by atoms with Crippen LogP contribution in [0.15, 0.2) is 164 Å². The number of hydrogen-bond donors (Lipinski definition) is 0. The third-order valence-corrected chi connectivity index (χ3v) is 10.7. The van der Waals surface area contributed by atoms with Crippen LogP contribution in [0.5, 0.6) is 0 Å². The number of fused-ring (bicyclic) bond motifs is 15. The summed E-state index contributed by atoms with van der Waals surface area (Å²) in [6.07, 6.45) is 1.84. The fourth-order valence-corrected chi connectivity index (χ4v) is 8.69. The van der Waals surface area contributed by atoms with Crippen LogP contribution in [-0.2, 0) is 5.41 Å². The highest BCUT2D eigenvalue weighted by atomic mass is 14.8. The lowest BCUT2D eigenvalue weighted by Crippen LogP contribution is -2.26. The first kappa shape index (κ1) is 26.6. The van der Waals surface area contributed by atoms with Crippen LogP contribution in [0.1, 0.15) is 22.3 Å². The first-order chi connectivity index (χ1) is 24.3. The van der Waals surface area contributed by atoms with Gasteiger partial charge in [0.25, 0.3) is 0 Å². The molecule has 0 saturated heterocycles. The van der Waals surface area contributed by atoms with Crippen LogP contribution < -0.4 is 0 Å². The summed E-state index contributed by atoms with van der Waals surface area (Å²) in [7, 11) is 0. The van der Waals surface area contributed by atoms with Crippen molar-refractivity contribution in [1.82, 2.24) is 15.0 Å². The molecule has 3 nitrogen and oxygen atoms in total. The summed E-state index contributed by atoms with van der Waals surface area (Å²) >= 11 is 0. The minimum absolute atomic E-state index is 0.436. The number of hydrogen-bond acceptors (Lipinski definition) is 3. The third kappa shape index (κ3) is 3.49. The van der Waals surface area contributed by atoms with Gasteiger partial charge in [-0.05, 0) is 45.3 Å². The minimum Gasteiger partial charge on any atom is -0.254 e. The van der Waals surface area contributed by atoms with Crippen LogP contribution in [0.2, 0.25) is 0 Å². The smallest absolute Gasteiger partial charge is 0.0972 e. The number of pyridine rings is 3. The SMILES string of the molecule is c1ccc2c(c1)-c1ccccc1C21c2ccccc2-c2nc(-c3ccc(-c4ccc5ccc6cccnc6c5n4)cc3)c3ccccc3c21. The molecule has 11 rings (SSSR count). The Morgan fingerprint density at radius 1 is 0.388 bits per heavy atom. The van der Waals surface area contributed by atoms with E-state index in [0.717, 1.165) is 55.4 Å². The Morgan fingerprint density at radius 2 is 0.959 bits per heavy atom. The van der Waals surface area contributed by atoms with Crippen molar-refractivity contribution in [3.05, 3.63) is 186 Å². The van der Waals surface area contributed by atoms with Gasteiger partial charge >= 0.3 is 0 Å². The highest BCUT2D eigenvalue weighted by Gasteiger charge is 2.53. The molecule has 0 unspecified atom stereocenters. The lowest BCUT2D eigenvalue weighted by molar-refractivity contribution is 0.799. The summed E-state index contributed by atoms with van der Waals surface area (Å²) in [5, 5.41) is 4.58. The topological polar surface area (TPSA) is 38.7 Å². The summed E-state index contributed by atoms with van der Waals surface area (Å²) in [6.45, 7) is 0. The second-order valence-electron chi connectivity index (χ2n) is 13.1. The van der Waals surface area contributed by atoms with Crippen molar-refractivity contribution in [1.29, 1.82) is 0 Å². The Morgan fingerprint density at radius 3 is 1.69 bits per heavy atom. The molecule has 0 fully saturated rings. The van der Waals surface area contributed by atoms with E-state index in [1.807, 2.05) is 12.3 Å². The van der Waals surface area contributed by atoms with Crippen LogP contribution in [0.25, 0.3) is 77.5 Å². The fourth-order valence-electron chi connectivity index (χ4n) is 8.69. The molecular weight excluding hydrogens is 595 g/mol. The van der Waals surface area contributed by atoms with Gasteiger partial charge in [0, 0.05) is 44.6 Å². The quantitative estimate of drug-likeness (QED) is 0.180. The molecule has 3 heterocycles. The van der Waals surface area contributed by atoms with Crippen molar-refractivity contribution in [2.75, 3.05) is 0 Å². The van der Waals surface area contributed by atoms with E-state index in [4.69, 9.17) is 9.97 Å². The van der Waals surface area contributed by atoms with Crippen LogP contribution in [-0.4, -0.2) is 15.0 Å². The molecule has 0 saturated carbocycles. The van der Waals surface area contributed by atoms with Gasteiger partial charge in [0.15, 0.2) is 0 Å². The number of benzene rings is 6. The summed E-state index contributed by atoms with van der Waals surface area (Å²) < 4.78 is 0. The van der Waals surface area contributed by atoms with Crippen LogP contribution >= 0.6 is 0 Å². The molecule has 0 atom stereocenters. The van der Waals surface area contributed by atoms with E-state index in [-0.39, 0.29) is 0 Å². The fraction of sp³-hybridized carbons (Fsp3) is 0.0217. The van der Waals surface area contributed by atoms with E-state index in [9.17, 15) is 0 Å². The molecule has 6 aromatic carbocycles. The summed E-state index contributed by atoms with van der Waals surface area (Å²) in [5.41, 5.74) is 15.6. The zero-order valence-corrected chi connectivity index (χ0v) is 26.4. The van der Waals surface area contributed by atoms with Gasteiger partial charge in [0.2, 0.25) is 0 Å². The van der Waals surface area contributed by atoms with Crippen molar-refractivity contribution >= 4 is 32.6 Å². The van der Waals surface area contributed by atoms with Crippen molar-refractivity contribution in [2.24, 2.45) is 0 Å². The van der Waals surface area contributed by atoms with Crippen molar-refractivity contribution in [3.63, 3.8) is 0 Å². The molecule has 9 aromatic rings. The maximum absolute atomic E-state index is 5.61. The van der Waals surface area contributed by atoms with E-state index in [1.165, 1.54) is 44.3 Å². The molecule has 0 amide bonds. The van der Waals surface area contributed by atoms with Crippen LogP contribution in [0, 0.1) is 0 Å². The second-order valence-corrected chi connectivity index (χ2v) is 13.1.